The molecule has 8 nitrogen and oxygen atoms in total. The second kappa shape index (κ2) is 8.85. The van der Waals surface area contributed by atoms with Gasteiger partial charge >= 0.3 is 0 Å². The molecule has 2 fully saturated rings. The number of hydrogen-bond acceptors (Lipinski definition) is 5. The average Bonchev–Trinajstić information content (AvgIpc) is 2.73. The molecule has 152 valence electrons. The van der Waals surface area contributed by atoms with Gasteiger partial charge in [-0.3, -0.25) is 9.59 Å². The van der Waals surface area contributed by atoms with Crippen molar-refractivity contribution < 1.29 is 22.7 Å². The molecule has 2 aliphatic heterocycles. The van der Waals surface area contributed by atoms with Crippen molar-refractivity contribution in [2.24, 2.45) is 11.7 Å². The second-order valence-corrected chi connectivity index (χ2v) is 8.80. The van der Waals surface area contributed by atoms with Crippen LogP contribution in [0.1, 0.15) is 18.4 Å². The molecule has 2 N–H and O–H groups in total. The quantitative estimate of drug-likeness (QED) is 0.760. The van der Waals surface area contributed by atoms with Gasteiger partial charge in [0.1, 0.15) is 0 Å². The van der Waals surface area contributed by atoms with E-state index in [4.69, 9.17) is 10.5 Å². The van der Waals surface area contributed by atoms with Gasteiger partial charge in [-0.15, -0.1) is 0 Å². The van der Waals surface area contributed by atoms with Crippen LogP contribution in [0.2, 0.25) is 0 Å². The Morgan fingerprint density at radius 2 is 1.79 bits per heavy atom. The Morgan fingerprint density at radius 1 is 1.11 bits per heavy atom. The molecule has 0 radical (unpaired) electrons. The van der Waals surface area contributed by atoms with E-state index in [2.05, 4.69) is 0 Å². The molecule has 3 rings (SSSR count). The molecule has 1 aromatic rings. The van der Waals surface area contributed by atoms with Crippen LogP contribution in [-0.4, -0.2) is 68.3 Å². The Kier molecular flexibility index (Phi) is 6.48. The van der Waals surface area contributed by atoms with Crippen molar-refractivity contribution in [3.63, 3.8) is 0 Å². The summed E-state index contributed by atoms with van der Waals surface area (Å²) in [6, 6.07) is 9.22. The highest BCUT2D eigenvalue weighted by molar-refractivity contribution is 7.92. The highest BCUT2D eigenvalue weighted by atomic mass is 32.2. The summed E-state index contributed by atoms with van der Waals surface area (Å²) in [6.45, 7) is 1.44. The number of amides is 2. The van der Waals surface area contributed by atoms with Gasteiger partial charge in [0.15, 0.2) is 6.10 Å². The van der Waals surface area contributed by atoms with E-state index in [-0.39, 0.29) is 25.0 Å². The average molecular weight is 407 g/mol. The van der Waals surface area contributed by atoms with E-state index in [0.717, 1.165) is 5.56 Å². The number of sulfonamides is 1. The number of hydrogen-bond donors (Lipinski definition) is 1. The van der Waals surface area contributed by atoms with Crippen molar-refractivity contribution in [1.29, 1.82) is 0 Å². The molecule has 9 heteroatoms. The summed E-state index contributed by atoms with van der Waals surface area (Å²) >= 11 is 0. The van der Waals surface area contributed by atoms with Gasteiger partial charge < -0.3 is 15.4 Å². The summed E-state index contributed by atoms with van der Waals surface area (Å²) < 4.78 is 31.7. The second-order valence-electron chi connectivity index (χ2n) is 6.98. The fourth-order valence-electron chi connectivity index (χ4n) is 3.45. The Balaban J connectivity index is 1.55. The zero-order chi connectivity index (χ0) is 20.1. The third-order valence-electron chi connectivity index (χ3n) is 5.09. The number of primary amides is 1. The van der Waals surface area contributed by atoms with Gasteiger partial charge in [0.05, 0.1) is 13.2 Å². The van der Waals surface area contributed by atoms with Gasteiger partial charge in [-0.1, -0.05) is 30.3 Å². The van der Waals surface area contributed by atoms with Gasteiger partial charge in [-0.05, 0) is 24.5 Å². The highest BCUT2D eigenvalue weighted by Crippen LogP contribution is 2.23. The third-order valence-corrected chi connectivity index (χ3v) is 6.66. The summed E-state index contributed by atoms with van der Waals surface area (Å²) in [5, 5.41) is 1.21. The molecule has 0 aromatic heterocycles. The first kappa shape index (κ1) is 20.5. The maximum Gasteiger partial charge on any atom is 0.248 e. The van der Waals surface area contributed by atoms with Crippen molar-refractivity contribution in [3.05, 3.63) is 41.3 Å². The third kappa shape index (κ3) is 4.98. The summed E-state index contributed by atoms with van der Waals surface area (Å²) in [4.78, 5) is 25.6. The van der Waals surface area contributed by atoms with Crippen LogP contribution in [-0.2, 0) is 24.3 Å². The smallest absolute Gasteiger partial charge is 0.248 e. The van der Waals surface area contributed by atoms with Crippen molar-refractivity contribution >= 4 is 27.9 Å². The molecule has 0 aliphatic carbocycles. The lowest BCUT2D eigenvalue weighted by molar-refractivity contribution is -0.149. The number of piperidine rings is 1. The molecule has 0 saturated carbocycles. The minimum absolute atomic E-state index is 0.0635. The lowest BCUT2D eigenvalue weighted by atomic mass is 9.96. The minimum Gasteiger partial charge on any atom is -0.367 e. The monoisotopic (exact) mass is 407 g/mol. The molecule has 1 unspecified atom stereocenters. The number of benzene rings is 1. The number of nitrogens with zero attached hydrogens (tertiary/aromatic N) is 2. The number of rotatable bonds is 5. The summed E-state index contributed by atoms with van der Waals surface area (Å²) in [7, 11) is -3.53. The SMILES string of the molecule is NC(=O)C1CN(C(=O)C2CCN(S(=O)(=O)/C=C/c3ccccc3)CC2)CCO1. The van der Waals surface area contributed by atoms with Gasteiger partial charge in [0.2, 0.25) is 21.8 Å². The van der Waals surface area contributed by atoms with Crippen molar-refractivity contribution in [3.8, 4) is 0 Å². The van der Waals surface area contributed by atoms with Crippen molar-refractivity contribution in [2.45, 2.75) is 18.9 Å². The Morgan fingerprint density at radius 3 is 2.43 bits per heavy atom. The maximum absolute atomic E-state index is 12.7. The van der Waals surface area contributed by atoms with Crippen LogP contribution in [0.5, 0.6) is 0 Å². The standard InChI is InChI=1S/C19H25N3O5S/c20-18(23)17-14-21(11-12-27-17)19(24)16-6-9-22(10-7-16)28(25,26)13-8-15-4-2-1-3-5-15/h1-5,8,13,16-17H,6-7,9-12,14H2,(H2,20,23)/b13-8+. The fraction of sp³-hybridized carbons (Fsp3) is 0.474. The first-order valence-corrected chi connectivity index (χ1v) is 10.8. The molecule has 0 bridgehead atoms. The van der Waals surface area contributed by atoms with Crippen molar-refractivity contribution in [2.75, 3.05) is 32.8 Å². The van der Waals surface area contributed by atoms with Crippen LogP contribution in [0.15, 0.2) is 35.7 Å². The molecule has 1 atom stereocenters. The van der Waals surface area contributed by atoms with Gasteiger partial charge in [0, 0.05) is 31.0 Å². The Labute approximate surface area is 165 Å². The lowest BCUT2D eigenvalue weighted by Crippen LogP contribution is -2.53. The molecule has 0 spiro atoms. The summed E-state index contributed by atoms with van der Waals surface area (Å²) in [5.41, 5.74) is 6.08. The largest absolute Gasteiger partial charge is 0.367 e. The van der Waals surface area contributed by atoms with E-state index in [0.29, 0.717) is 32.5 Å². The molecule has 1 aromatic carbocycles. The van der Waals surface area contributed by atoms with E-state index < -0.39 is 22.0 Å². The van der Waals surface area contributed by atoms with Crippen LogP contribution in [0.4, 0.5) is 0 Å². The normalized spacial score (nSPS) is 22.4. The molecular formula is C19H25N3O5S. The maximum atomic E-state index is 12.7. The number of carbonyl (C=O) groups is 2. The first-order valence-electron chi connectivity index (χ1n) is 9.30. The number of ether oxygens (including phenoxy) is 1. The Bertz CT molecular complexity index is 832. The minimum atomic E-state index is -3.53. The fourth-order valence-corrected chi connectivity index (χ4v) is 4.67. The highest BCUT2D eigenvalue weighted by Gasteiger charge is 2.35. The van der Waals surface area contributed by atoms with Crippen LogP contribution in [0, 0.1) is 5.92 Å². The van der Waals surface area contributed by atoms with E-state index >= 15 is 0 Å². The first-order chi connectivity index (χ1) is 13.4. The number of nitrogens with two attached hydrogens (primary N) is 1. The van der Waals surface area contributed by atoms with Gasteiger partial charge in [-0.25, -0.2) is 8.42 Å². The van der Waals surface area contributed by atoms with E-state index in [1.807, 2.05) is 30.3 Å². The lowest BCUT2D eigenvalue weighted by Gasteiger charge is -2.36. The zero-order valence-electron chi connectivity index (χ0n) is 15.6. The summed E-state index contributed by atoms with van der Waals surface area (Å²) in [6.07, 6.45) is 1.71. The van der Waals surface area contributed by atoms with Crippen LogP contribution in [0.3, 0.4) is 0 Å². The molecule has 28 heavy (non-hydrogen) atoms. The van der Waals surface area contributed by atoms with Gasteiger partial charge in [-0.2, -0.15) is 4.31 Å². The van der Waals surface area contributed by atoms with E-state index in [1.54, 1.807) is 11.0 Å². The predicted octanol–water partition coefficient (Wildman–Crippen LogP) is 0.412. The molecule has 2 aliphatic rings. The molecule has 2 saturated heterocycles. The number of morpholine rings is 1. The molecular weight excluding hydrogens is 382 g/mol. The van der Waals surface area contributed by atoms with E-state index in [1.165, 1.54) is 9.71 Å². The predicted molar refractivity (Wildman–Crippen MR) is 104 cm³/mol. The van der Waals surface area contributed by atoms with Crippen LogP contribution < -0.4 is 5.73 Å². The van der Waals surface area contributed by atoms with Crippen molar-refractivity contribution in [1.82, 2.24) is 9.21 Å². The van der Waals surface area contributed by atoms with Crippen LogP contribution >= 0.6 is 0 Å². The van der Waals surface area contributed by atoms with Gasteiger partial charge in [0.25, 0.3) is 0 Å². The van der Waals surface area contributed by atoms with E-state index in [9.17, 15) is 18.0 Å². The summed E-state index contributed by atoms with van der Waals surface area (Å²) in [5.74, 6) is -0.897. The number of carbonyl (C=O) groups excluding carboxylic acids is 2. The molecule has 2 heterocycles. The topological polar surface area (TPSA) is 110 Å². The van der Waals surface area contributed by atoms with Crippen LogP contribution in [0.25, 0.3) is 6.08 Å². The Hall–Kier alpha value is -2.23. The zero-order valence-corrected chi connectivity index (χ0v) is 16.4. The molecule has 2 amide bonds.